The minimum atomic E-state index is -1.05. The molecule has 1 aromatic carbocycles. The molecule has 0 aliphatic rings. The second kappa shape index (κ2) is 6.93. The Morgan fingerprint density at radius 2 is 1.86 bits per heavy atom. The Hall–Kier alpha value is -1.56. The van der Waals surface area contributed by atoms with Gasteiger partial charge >= 0.3 is 12.0 Å². The van der Waals surface area contributed by atoms with E-state index in [9.17, 15) is 14.7 Å². The summed E-state index contributed by atoms with van der Waals surface area (Å²) < 4.78 is 0.923. The summed E-state index contributed by atoms with van der Waals surface area (Å²) in [5, 5.41) is 14.5. The van der Waals surface area contributed by atoms with Gasteiger partial charge in [-0.1, -0.05) is 48.8 Å². The number of aliphatic carboxylic acids is 1. The molecule has 0 aliphatic heterocycles. The van der Waals surface area contributed by atoms with Crippen molar-refractivity contribution in [2.24, 2.45) is 5.41 Å². The second-order valence-corrected chi connectivity index (χ2v) is 6.95. The molecule has 6 heteroatoms. The molecular weight excluding hydrogens is 336 g/mol. The Bertz CT molecular complexity index is 526. The Kier molecular flexibility index (Phi) is 5.78. The number of carboxylic acids is 1. The number of nitrogens with one attached hydrogen (secondary N) is 2. The van der Waals surface area contributed by atoms with E-state index in [-0.39, 0.29) is 6.04 Å². The highest BCUT2D eigenvalue weighted by atomic mass is 79.9. The molecule has 1 unspecified atom stereocenters. The van der Waals surface area contributed by atoms with Gasteiger partial charge in [0.15, 0.2) is 0 Å². The van der Waals surface area contributed by atoms with Crippen LogP contribution >= 0.6 is 15.9 Å². The van der Waals surface area contributed by atoms with Crippen molar-refractivity contribution in [3.05, 3.63) is 34.3 Å². The summed E-state index contributed by atoms with van der Waals surface area (Å²) in [7, 11) is 0. The van der Waals surface area contributed by atoms with E-state index in [0.717, 1.165) is 10.0 Å². The van der Waals surface area contributed by atoms with Crippen LogP contribution in [0, 0.1) is 5.41 Å². The third-order valence-electron chi connectivity index (χ3n) is 3.08. The van der Waals surface area contributed by atoms with Gasteiger partial charge in [-0.05, 0) is 30.0 Å². The molecule has 0 aromatic heterocycles. The normalized spacial score (nSPS) is 14.1. The van der Waals surface area contributed by atoms with E-state index in [1.165, 1.54) is 0 Å². The predicted molar refractivity (Wildman–Crippen MR) is 85.1 cm³/mol. The average molecular weight is 357 g/mol. The Balaban J connectivity index is 2.70. The fourth-order valence-corrected chi connectivity index (χ4v) is 2.29. The molecule has 0 aliphatic carbocycles. The topological polar surface area (TPSA) is 78.4 Å². The molecule has 0 spiro atoms. The number of hydrogen-bond donors (Lipinski definition) is 3. The Morgan fingerprint density at radius 3 is 2.33 bits per heavy atom. The summed E-state index contributed by atoms with van der Waals surface area (Å²) in [5.74, 6) is -1.05. The largest absolute Gasteiger partial charge is 0.480 e. The Labute approximate surface area is 133 Å². The molecule has 0 saturated heterocycles. The van der Waals surface area contributed by atoms with Crippen molar-refractivity contribution in [3.8, 4) is 0 Å². The highest BCUT2D eigenvalue weighted by Gasteiger charge is 2.32. The molecule has 2 atom stereocenters. The zero-order valence-corrected chi connectivity index (χ0v) is 14.2. The lowest BCUT2D eigenvalue weighted by Gasteiger charge is -2.28. The van der Waals surface area contributed by atoms with Crippen molar-refractivity contribution in [1.29, 1.82) is 0 Å². The molecule has 1 aromatic rings. The molecule has 0 heterocycles. The molecule has 2 amide bonds. The fraction of sp³-hybridized carbons (Fsp3) is 0.467. The minimum absolute atomic E-state index is 0.225. The first-order valence-corrected chi connectivity index (χ1v) is 7.46. The van der Waals surface area contributed by atoms with Crippen LogP contribution in [0.2, 0.25) is 0 Å². The lowest BCUT2D eigenvalue weighted by Crippen LogP contribution is -2.52. The summed E-state index contributed by atoms with van der Waals surface area (Å²) in [6, 6.07) is 5.91. The van der Waals surface area contributed by atoms with Gasteiger partial charge in [0.1, 0.15) is 6.04 Å². The molecule has 0 fully saturated rings. The quantitative estimate of drug-likeness (QED) is 0.774. The number of amides is 2. The van der Waals surface area contributed by atoms with Gasteiger partial charge in [0.25, 0.3) is 0 Å². The average Bonchev–Trinajstić information content (AvgIpc) is 2.34. The van der Waals surface area contributed by atoms with E-state index < -0.39 is 23.5 Å². The van der Waals surface area contributed by atoms with Crippen LogP contribution < -0.4 is 10.6 Å². The van der Waals surface area contributed by atoms with E-state index in [4.69, 9.17) is 0 Å². The smallest absolute Gasteiger partial charge is 0.326 e. The first-order valence-electron chi connectivity index (χ1n) is 6.66. The van der Waals surface area contributed by atoms with Crippen molar-refractivity contribution in [2.75, 3.05) is 0 Å². The van der Waals surface area contributed by atoms with Gasteiger partial charge in [-0.15, -0.1) is 0 Å². The van der Waals surface area contributed by atoms with Gasteiger partial charge in [-0.2, -0.15) is 0 Å². The van der Waals surface area contributed by atoms with E-state index in [2.05, 4.69) is 26.6 Å². The highest BCUT2D eigenvalue weighted by Crippen LogP contribution is 2.20. The summed E-state index contributed by atoms with van der Waals surface area (Å²) in [6.07, 6.45) is 0. The molecule has 116 valence electrons. The van der Waals surface area contributed by atoms with Crippen molar-refractivity contribution in [1.82, 2.24) is 10.6 Å². The van der Waals surface area contributed by atoms with Crippen molar-refractivity contribution >= 4 is 27.9 Å². The van der Waals surface area contributed by atoms with Gasteiger partial charge in [0.2, 0.25) is 0 Å². The van der Waals surface area contributed by atoms with Gasteiger partial charge < -0.3 is 15.7 Å². The minimum Gasteiger partial charge on any atom is -0.480 e. The van der Waals surface area contributed by atoms with Crippen LogP contribution in [0.25, 0.3) is 0 Å². The van der Waals surface area contributed by atoms with Crippen LogP contribution in [0.15, 0.2) is 28.7 Å². The van der Waals surface area contributed by atoms with Gasteiger partial charge in [-0.25, -0.2) is 9.59 Å². The van der Waals surface area contributed by atoms with Crippen molar-refractivity contribution in [2.45, 2.75) is 39.8 Å². The fourth-order valence-electron chi connectivity index (χ4n) is 1.88. The van der Waals surface area contributed by atoms with Crippen LogP contribution in [0.5, 0.6) is 0 Å². The number of halogens is 1. The maximum atomic E-state index is 12.0. The number of urea groups is 1. The number of rotatable bonds is 4. The second-order valence-electron chi connectivity index (χ2n) is 6.03. The monoisotopic (exact) mass is 356 g/mol. The molecule has 3 N–H and O–H groups in total. The summed E-state index contributed by atoms with van der Waals surface area (Å²) in [5.41, 5.74) is 0.365. The molecule has 0 saturated carbocycles. The Morgan fingerprint density at radius 1 is 1.24 bits per heavy atom. The molecule has 5 nitrogen and oxygen atoms in total. The third-order valence-corrected chi connectivity index (χ3v) is 3.58. The number of carbonyl (C=O) groups is 2. The maximum Gasteiger partial charge on any atom is 0.326 e. The van der Waals surface area contributed by atoms with Gasteiger partial charge in [-0.3, -0.25) is 0 Å². The van der Waals surface area contributed by atoms with Crippen LogP contribution in [0.3, 0.4) is 0 Å². The summed E-state index contributed by atoms with van der Waals surface area (Å²) >= 11 is 3.38. The van der Waals surface area contributed by atoms with Gasteiger partial charge in [0.05, 0.1) is 6.04 Å². The molecule has 0 bridgehead atoms. The lowest BCUT2D eigenvalue weighted by molar-refractivity contribution is -0.141. The van der Waals surface area contributed by atoms with Crippen LogP contribution in [-0.2, 0) is 4.79 Å². The maximum absolute atomic E-state index is 12.0. The zero-order valence-electron chi connectivity index (χ0n) is 12.6. The van der Waals surface area contributed by atoms with E-state index in [0.29, 0.717) is 0 Å². The number of carbonyl (C=O) groups excluding carboxylic acids is 1. The SMILES string of the molecule is CC(NC(=O)N[C@H](C(=O)O)C(C)(C)C)c1cccc(Br)c1. The number of hydrogen-bond acceptors (Lipinski definition) is 2. The lowest BCUT2D eigenvalue weighted by atomic mass is 9.87. The first kappa shape index (κ1) is 17.5. The molecule has 0 radical (unpaired) electrons. The van der Waals surface area contributed by atoms with Crippen LogP contribution in [-0.4, -0.2) is 23.1 Å². The van der Waals surface area contributed by atoms with Crippen LogP contribution in [0.1, 0.15) is 39.3 Å². The van der Waals surface area contributed by atoms with Crippen LogP contribution in [0.4, 0.5) is 4.79 Å². The zero-order chi connectivity index (χ0) is 16.2. The van der Waals surface area contributed by atoms with E-state index in [1.54, 1.807) is 20.8 Å². The predicted octanol–water partition coefficient (Wildman–Crippen LogP) is 3.31. The summed E-state index contributed by atoms with van der Waals surface area (Å²) in [6.45, 7) is 7.14. The molecule has 21 heavy (non-hydrogen) atoms. The highest BCUT2D eigenvalue weighted by molar-refractivity contribution is 9.10. The molecular formula is C15H21BrN2O3. The van der Waals surface area contributed by atoms with E-state index >= 15 is 0 Å². The number of benzene rings is 1. The van der Waals surface area contributed by atoms with Crippen molar-refractivity contribution in [3.63, 3.8) is 0 Å². The van der Waals surface area contributed by atoms with Crippen molar-refractivity contribution < 1.29 is 14.7 Å². The third kappa shape index (κ3) is 5.38. The first-order chi connectivity index (χ1) is 9.61. The number of carboxylic acid groups (broad SMARTS) is 1. The summed E-state index contributed by atoms with van der Waals surface area (Å²) in [4.78, 5) is 23.2. The van der Waals surface area contributed by atoms with E-state index in [1.807, 2.05) is 31.2 Å². The molecule has 1 rings (SSSR count). The van der Waals surface area contributed by atoms with Gasteiger partial charge in [0, 0.05) is 4.47 Å². The standard InChI is InChI=1S/C15H21BrN2O3/c1-9(10-6-5-7-11(16)8-10)17-14(21)18-12(13(19)20)15(2,3)4/h5-9,12H,1-4H3,(H,19,20)(H2,17,18,21)/t9?,12-/m1/s1.